The van der Waals surface area contributed by atoms with Crippen molar-refractivity contribution in [3.63, 3.8) is 0 Å². The van der Waals surface area contributed by atoms with Gasteiger partial charge in [-0.05, 0) is 61.0 Å². The summed E-state index contributed by atoms with van der Waals surface area (Å²) in [6.45, 7) is 0.719. The molecule has 3 rings (SSSR count). The van der Waals surface area contributed by atoms with Crippen molar-refractivity contribution in [1.29, 1.82) is 0 Å². The first-order valence-electron chi connectivity index (χ1n) is 9.13. The van der Waals surface area contributed by atoms with Crippen LogP contribution in [0.5, 0.6) is 0 Å². The maximum atomic E-state index is 11.5. The summed E-state index contributed by atoms with van der Waals surface area (Å²) in [5.74, 6) is 0.762. The van der Waals surface area contributed by atoms with E-state index >= 15 is 0 Å². The van der Waals surface area contributed by atoms with E-state index in [0.717, 1.165) is 33.9 Å². The van der Waals surface area contributed by atoms with E-state index < -0.39 is 5.60 Å². The molecule has 0 radical (unpaired) electrons. The molecule has 0 spiro atoms. The molecule has 1 unspecified atom stereocenters. The van der Waals surface area contributed by atoms with E-state index in [4.69, 9.17) is 23.2 Å². The Morgan fingerprint density at radius 3 is 2.25 bits per heavy atom. The Bertz CT molecular complexity index is 902. The number of benzene rings is 3. The first kappa shape index (κ1) is 21.2. The molecule has 2 N–H and O–H groups in total. The van der Waals surface area contributed by atoms with Crippen LogP contribution in [0.25, 0.3) is 0 Å². The average molecular weight is 432 g/mol. The molecular weight excluding hydrogens is 409 g/mol. The highest BCUT2D eigenvalue weighted by Crippen LogP contribution is 2.35. The van der Waals surface area contributed by atoms with Crippen molar-refractivity contribution in [2.75, 3.05) is 13.6 Å². The van der Waals surface area contributed by atoms with Crippen molar-refractivity contribution in [1.82, 2.24) is 5.32 Å². The van der Waals surface area contributed by atoms with Crippen LogP contribution in [0.4, 0.5) is 0 Å². The summed E-state index contributed by atoms with van der Waals surface area (Å²) in [6.07, 6.45) is 0.598. The zero-order valence-corrected chi connectivity index (χ0v) is 18.0. The van der Waals surface area contributed by atoms with Gasteiger partial charge in [0.25, 0.3) is 0 Å². The summed E-state index contributed by atoms with van der Waals surface area (Å²) < 4.78 is 0. The van der Waals surface area contributed by atoms with E-state index in [1.54, 1.807) is 17.8 Å². The number of halogens is 2. The molecule has 3 aromatic carbocycles. The molecule has 0 bridgehead atoms. The van der Waals surface area contributed by atoms with Gasteiger partial charge in [-0.25, -0.2) is 0 Å². The SMILES string of the molecule is CNCCC(O)(c1ccccc1)c1ccc(SCc2ccc(Cl)cc2Cl)cc1. The average Bonchev–Trinajstić information content (AvgIpc) is 2.72. The molecule has 0 saturated carbocycles. The number of rotatable bonds is 8. The van der Waals surface area contributed by atoms with Crippen molar-refractivity contribution in [3.8, 4) is 0 Å². The number of hydrogen-bond donors (Lipinski definition) is 2. The van der Waals surface area contributed by atoms with Crippen LogP contribution in [0, 0.1) is 0 Å². The summed E-state index contributed by atoms with van der Waals surface area (Å²) in [4.78, 5) is 1.12. The highest BCUT2D eigenvalue weighted by molar-refractivity contribution is 7.98. The van der Waals surface area contributed by atoms with E-state index in [-0.39, 0.29) is 0 Å². The molecule has 146 valence electrons. The Labute approximate surface area is 180 Å². The molecule has 0 fully saturated rings. The fraction of sp³-hybridized carbons (Fsp3) is 0.217. The first-order valence-corrected chi connectivity index (χ1v) is 10.9. The second-order valence-corrected chi connectivity index (χ2v) is 8.52. The Morgan fingerprint density at radius 2 is 1.61 bits per heavy atom. The highest BCUT2D eigenvalue weighted by Gasteiger charge is 2.30. The van der Waals surface area contributed by atoms with Gasteiger partial charge >= 0.3 is 0 Å². The fourth-order valence-electron chi connectivity index (χ4n) is 3.10. The van der Waals surface area contributed by atoms with Crippen LogP contribution in [0.2, 0.25) is 10.0 Å². The molecule has 0 saturated heterocycles. The molecule has 28 heavy (non-hydrogen) atoms. The molecule has 0 aliphatic carbocycles. The van der Waals surface area contributed by atoms with Gasteiger partial charge in [0.2, 0.25) is 0 Å². The lowest BCUT2D eigenvalue weighted by molar-refractivity contribution is 0.0716. The summed E-state index contributed by atoms with van der Waals surface area (Å²) in [5.41, 5.74) is 1.82. The van der Waals surface area contributed by atoms with Crippen LogP contribution in [0.15, 0.2) is 77.7 Å². The second-order valence-electron chi connectivity index (χ2n) is 6.63. The number of nitrogens with one attached hydrogen (secondary N) is 1. The van der Waals surface area contributed by atoms with Gasteiger partial charge in [-0.2, -0.15) is 0 Å². The van der Waals surface area contributed by atoms with Gasteiger partial charge < -0.3 is 10.4 Å². The van der Waals surface area contributed by atoms with Crippen molar-refractivity contribution in [2.24, 2.45) is 0 Å². The van der Waals surface area contributed by atoms with Crippen LogP contribution >= 0.6 is 35.0 Å². The van der Waals surface area contributed by atoms with Gasteiger partial charge in [0.05, 0.1) is 0 Å². The Morgan fingerprint density at radius 1 is 0.929 bits per heavy atom. The van der Waals surface area contributed by atoms with Crippen molar-refractivity contribution in [3.05, 3.63) is 99.5 Å². The molecule has 2 nitrogen and oxygen atoms in total. The predicted octanol–water partition coefficient (Wildman–Crippen LogP) is 6.13. The maximum Gasteiger partial charge on any atom is 0.116 e. The quantitative estimate of drug-likeness (QED) is 0.420. The Balaban J connectivity index is 1.77. The van der Waals surface area contributed by atoms with Crippen molar-refractivity contribution in [2.45, 2.75) is 22.7 Å². The lowest BCUT2D eigenvalue weighted by Gasteiger charge is -2.29. The smallest absolute Gasteiger partial charge is 0.116 e. The van der Waals surface area contributed by atoms with E-state index in [2.05, 4.69) is 17.4 Å². The third kappa shape index (κ3) is 5.11. The van der Waals surface area contributed by atoms with Crippen LogP contribution in [0.3, 0.4) is 0 Å². The summed E-state index contributed by atoms with van der Waals surface area (Å²) in [5, 5.41) is 15.9. The number of hydrogen-bond acceptors (Lipinski definition) is 3. The van der Waals surface area contributed by atoms with Gasteiger partial charge in [-0.1, -0.05) is 71.7 Å². The van der Waals surface area contributed by atoms with E-state index in [1.807, 2.05) is 61.6 Å². The van der Waals surface area contributed by atoms with E-state index in [1.165, 1.54) is 0 Å². The third-order valence-electron chi connectivity index (χ3n) is 4.73. The van der Waals surface area contributed by atoms with Crippen LogP contribution in [0.1, 0.15) is 23.1 Å². The lowest BCUT2D eigenvalue weighted by Crippen LogP contribution is -2.31. The second kappa shape index (κ2) is 9.82. The maximum absolute atomic E-state index is 11.5. The zero-order valence-electron chi connectivity index (χ0n) is 15.7. The van der Waals surface area contributed by atoms with Gasteiger partial charge in [0.15, 0.2) is 0 Å². The molecule has 0 heterocycles. The topological polar surface area (TPSA) is 32.3 Å². The molecule has 0 aliphatic rings. The number of thioether (sulfide) groups is 1. The lowest BCUT2D eigenvalue weighted by atomic mass is 9.83. The minimum absolute atomic E-state index is 0.598. The first-order chi connectivity index (χ1) is 13.5. The Hall–Kier alpha value is -1.49. The van der Waals surface area contributed by atoms with Crippen LogP contribution < -0.4 is 5.32 Å². The molecule has 5 heteroatoms. The molecule has 1 atom stereocenters. The van der Waals surface area contributed by atoms with Crippen LogP contribution in [-0.4, -0.2) is 18.7 Å². The van der Waals surface area contributed by atoms with E-state index in [0.29, 0.717) is 16.5 Å². The van der Waals surface area contributed by atoms with Gasteiger partial charge in [0, 0.05) is 20.7 Å². The van der Waals surface area contributed by atoms with Gasteiger partial charge in [-0.3, -0.25) is 0 Å². The molecular formula is C23H23Cl2NOS. The van der Waals surface area contributed by atoms with Gasteiger partial charge in [-0.15, -0.1) is 11.8 Å². The van der Waals surface area contributed by atoms with Gasteiger partial charge in [0.1, 0.15) is 5.60 Å². The normalized spacial score (nSPS) is 13.3. The zero-order chi connectivity index (χ0) is 20.0. The highest BCUT2D eigenvalue weighted by atomic mass is 35.5. The minimum atomic E-state index is -1.02. The van der Waals surface area contributed by atoms with Crippen molar-refractivity contribution < 1.29 is 5.11 Å². The molecule has 0 aliphatic heterocycles. The van der Waals surface area contributed by atoms with Crippen LogP contribution in [-0.2, 0) is 11.4 Å². The monoisotopic (exact) mass is 431 g/mol. The van der Waals surface area contributed by atoms with Crippen molar-refractivity contribution >= 4 is 35.0 Å². The minimum Gasteiger partial charge on any atom is -0.380 e. The molecule has 0 aromatic heterocycles. The summed E-state index contributed by atoms with van der Waals surface area (Å²) in [7, 11) is 1.90. The summed E-state index contributed by atoms with van der Waals surface area (Å²) >= 11 is 13.9. The number of aliphatic hydroxyl groups is 1. The predicted molar refractivity (Wildman–Crippen MR) is 120 cm³/mol. The molecule has 0 amide bonds. The molecule has 3 aromatic rings. The fourth-order valence-corrected chi connectivity index (χ4v) is 4.56. The van der Waals surface area contributed by atoms with E-state index in [9.17, 15) is 5.11 Å². The summed E-state index contributed by atoms with van der Waals surface area (Å²) in [6, 6.07) is 23.5. The third-order valence-corrected chi connectivity index (χ3v) is 6.38. The largest absolute Gasteiger partial charge is 0.380 e. The Kier molecular flexibility index (Phi) is 7.44. The standard InChI is InChI=1S/C23H23Cl2NOS/c1-26-14-13-23(27,18-5-3-2-4-6-18)19-8-11-21(12-9-19)28-16-17-7-10-20(24)15-22(17)25/h2-12,15,26-27H,13-14,16H2,1H3.